The minimum atomic E-state index is 0.372. The Balaban J connectivity index is 4.20. The Morgan fingerprint density at radius 3 is 2.33 bits per heavy atom. The predicted octanol–water partition coefficient (Wildman–Crippen LogP) is 3.95. The highest BCUT2D eigenvalue weighted by atomic mass is 14.8. The third-order valence-corrected chi connectivity index (χ3v) is 3.97. The second-order valence-corrected chi connectivity index (χ2v) is 6.57. The minimum Gasteiger partial charge on any atom is -0.361 e. The molecule has 0 heterocycles. The molecule has 0 bridgehead atoms. The molecule has 0 fully saturated rings. The van der Waals surface area contributed by atoms with Gasteiger partial charge in [-0.05, 0) is 43.1 Å². The van der Waals surface area contributed by atoms with Crippen molar-refractivity contribution in [2.45, 2.75) is 66.7 Å². The van der Waals surface area contributed by atoms with E-state index in [9.17, 15) is 0 Å². The van der Waals surface area contributed by atoms with Crippen LogP contribution in [0.2, 0.25) is 0 Å². The molecule has 0 radical (unpaired) electrons. The fraction of sp³-hybridized carbons (Fsp3) is 0.875. The van der Waals surface area contributed by atoms with Crippen molar-refractivity contribution in [1.82, 2.24) is 5.23 Å². The normalized spacial score (nSPS) is 14.6. The highest BCUT2D eigenvalue weighted by molar-refractivity contribution is 6.04. The molecule has 1 N–H and O–H groups in total. The van der Waals surface area contributed by atoms with E-state index in [1.54, 1.807) is 0 Å². The van der Waals surface area contributed by atoms with E-state index in [1.807, 2.05) is 0 Å². The third-order valence-electron chi connectivity index (χ3n) is 3.97. The lowest BCUT2D eigenvalue weighted by molar-refractivity contribution is 0.162. The molecule has 1 nitrogen and oxygen atoms in total. The molecule has 0 aromatic rings. The third kappa shape index (κ3) is 7.26. The second-order valence-electron chi connectivity index (χ2n) is 6.57. The summed E-state index contributed by atoms with van der Waals surface area (Å²) in [4.78, 5) is 0. The number of allylic oxidation sites excluding steroid dienone is 2. The Kier molecular flexibility index (Phi) is 9.54. The Morgan fingerprint density at radius 2 is 1.83 bits per heavy atom. The summed E-state index contributed by atoms with van der Waals surface area (Å²) in [6.45, 7) is 12.8. The van der Waals surface area contributed by atoms with Gasteiger partial charge in [0, 0.05) is 0 Å². The molecule has 1 atom stereocenters. The average molecular weight is 251 g/mol. The molecule has 0 aliphatic carbocycles. The minimum absolute atomic E-state index is 0.372. The highest BCUT2D eigenvalue weighted by Crippen LogP contribution is 2.35. The standard InChI is InChI=1S/C16H34BN/c1-6-7-8-9-10-11-12-15(14(2)3)16(4,5)13-18-17/h10-11,14-15,18H,6-9,12-13,17H2,1-5H3/b11-10+. The van der Waals surface area contributed by atoms with E-state index < -0.39 is 0 Å². The Hall–Kier alpha value is -0.235. The van der Waals surface area contributed by atoms with Gasteiger partial charge in [0.2, 0.25) is 0 Å². The van der Waals surface area contributed by atoms with Crippen molar-refractivity contribution < 1.29 is 0 Å². The van der Waals surface area contributed by atoms with Crippen LogP contribution in [0.4, 0.5) is 0 Å². The van der Waals surface area contributed by atoms with E-state index >= 15 is 0 Å². The smallest absolute Gasteiger partial charge is 0.181 e. The van der Waals surface area contributed by atoms with Crippen LogP contribution in [0.5, 0.6) is 0 Å². The van der Waals surface area contributed by atoms with Gasteiger partial charge in [-0.2, -0.15) is 0 Å². The first kappa shape index (κ1) is 17.8. The molecule has 0 aliphatic rings. The molecule has 2 heteroatoms. The summed E-state index contributed by atoms with van der Waals surface area (Å²) < 4.78 is 0. The van der Waals surface area contributed by atoms with Crippen molar-refractivity contribution in [3.8, 4) is 0 Å². The highest BCUT2D eigenvalue weighted by Gasteiger charge is 2.29. The molecule has 0 aliphatic heterocycles. The Morgan fingerprint density at radius 1 is 1.17 bits per heavy atom. The number of hydrogen-bond donors (Lipinski definition) is 1. The number of hydrogen-bond acceptors (Lipinski definition) is 1. The van der Waals surface area contributed by atoms with Crippen LogP contribution in [0.25, 0.3) is 0 Å². The van der Waals surface area contributed by atoms with E-state index in [2.05, 4.69) is 60.0 Å². The second kappa shape index (κ2) is 9.66. The first-order valence-electron chi connectivity index (χ1n) is 7.75. The first-order chi connectivity index (χ1) is 8.45. The van der Waals surface area contributed by atoms with Crippen LogP contribution in [0.15, 0.2) is 12.2 Å². The molecule has 0 saturated heterocycles. The summed E-state index contributed by atoms with van der Waals surface area (Å²) in [5.41, 5.74) is 0.372. The molecule has 0 saturated carbocycles. The summed E-state index contributed by atoms with van der Waals surface area (Å²) in [6, 6.07) is 0. The first-order valence-corrected chi connectivity index (χ1v) is 7.75. The fourth-order valence-electron chi connectivity index (χ4n) is 2.95. The van der Waals surface area contributed by atoms with E-state index in [0.29, 0.717) is 5.41 Å². The fourth-order valence-corrected chi connectivity index (χ4v) is 2.95. The lowest BCUT2D eigenvalue weighted by Gasteiger charge is -2.37. The molecule has 1 unspecified atom stereocenters. The summed E-state index contributed by atoms with van der Waals surface area (Å²) in [6.07, 6.45) is 11.3. The van der Waals surface area contributed by atoms with Gasteiger partial charge in [-0.25, -0.2) is 0 Å². The van der Waals surface area contributed by atoms with Crippen LogP contribution in [0, 0.1) is 17.3 Å². The molecule has 0 amide bonds. The van der Waals surface area contributed by atoms with Gasteiger partial charge in [-0.15, -0.1) is 0 Å². The Labute approximate surface area is 116 Å². The van der Waals surface area contributed by atoms with E-state index in [0.717, 1.165) is 18.4 Å². The van der Waals surface area contributed by atoms with Crippen LogP contribution in [0.1, 0.15) is 66.7 Å². The van der Waals surface area contributed by atoms with Gasteiger partial charge < -0.3 is 5.23 Å². The molecule has 0 aromatic carbocycles. The monoisotopic (exact) mass is 251 g/mol. The van der Waals surface area contributed by atoms with Gasteiger partial charge in [0.1, 0.15) is 0 Å². The molecule has 106 valence electrons. The summed E-state index contributed by atoms with van der Waals surface area (Å²) in [7, 11) is 2.06. The van der Waals surface area contributed by atoms with Crippen molar-refractivity contribution in [2.75, 3.05) is 6.54 Å². The van der Waals surface area contributed by atoms with Crippen LogP contribution >= 0.6 is 0 Å². The maximum absolute atomic E-state index is 3.34. The molecule has 0 rings (SSSR count). The number of rotatable bonds is 10. The van der Waals surface area contributed by atoms with Crippen molar-refractivity contribution in [3.63, 3.8) is 0 Å². The maximum Gasteiger partial charge on any atom is 0.181 e. The molecule has 0 aromatic heterocycles. The summed E-state index contributed by atoms with van der Waals surface area (Å²) >= 11 is 0. The zero-order chi connectivity index (χ0) is 14.0. The largest absolute Gasteiger partial charge is 0.361 e. The number of unbranched alkanes of at least 4 members (excludes halogenated alkanes) is 3. The van der Waals surface area contributed by atoms with Crippen molar-refractivity contribution in [2.24, 2.45) is 17.3 Å². The van der Waals surface area contributed by atoms with Crippen LogP contribution in [-0.2, 0) is 0 Å². The molecular weight excluding hydrogens is 217 g/mol. The lowest BCUT2D eigenvalue weighted by Crippen LogP contribution is -2.37. The van der Waals surface area contributed by atoms with Crippen molar-refractivity contribution in [3.05, 3.63) is 12.2 Å². The summed E-state index contributed by atoms with van der Waals surface area (Å²) in [5.74, 6) is 1.50. The van der Waals surface area contributed by atoms with Crippen LogP contribution in [-0.4, -0.2) is 14.5 Å². The van der Waals surface area contributed by atoms with Crippen molar-refractivity contribution in [1.29, 1.82) is 0 Å². The van der Waals surface area contributed by atoms with Gasteiger partial charge in [0.25, 0.3) is 0 Å². The molecule has 0 spiro atoms. The van der Waals surface area contributed by atoms with Crippen molar-refractivity contribution >= 4 is 7.98 Å². The van der Waals surface area contributed by atoms with Gasteiger partial charge >= 0.3 is 0 Å². The van der Waals surface area contributed by atoms with Gasteiger partial charge in [-0.3, -0.25) is 0 Å². The predicted molar refractivity (Wildman–Crippen MR) is 86.6 cm³/mol. The topological polar surface area (TPSA) is 12.0 Å². The number of nitrogens with one attached hydrogen (secondary N) is 1. The average Bonchev–Trinajstić information content (AvgIpc) is 2.27. The SMILES string of the molecule is BNCC(C)(C)C(C/C=C/CCCCC)C(C)C. The molecule has 18 heavy (non-hydrogen) atoms. The lowest BCUT2D eigenvalue weighted by atomic mass is 9.71. The maximum atomic E-state index is 3.34. The quantitative estimate of drug-likeness (QED) is 0.352. The van der Waals surface area contributed by atoms with Gasteiger partial charge in [0.05, 0.1) is 0 Å². The van der Waals surface area contributed by atoms with Crippen LogP contribution in [0.3, 0.4) is 0 Å². The molecular formula is C16H34BN. The van der Waals surface area contributed by atoms with E-state index in [-0.39, 0.29) is 0 Å². The van der Waals surface area contributed by atoms with E-state index in [4.69, 9.17) is 0 Å². The van der Waals surface area contributed by atoms with Crippen LogP contribution < -0.4 is 5.23 Å². The Bertz CT molecular complexity index is 221. The zero-order valence-electron chi connectivity index (χ0n) is 13.6. The summed E-state index contributed by atoms with van der Waals surface area (Å²) in [5, 5.41) is 3.34. The van der Waals surface area contributed by atoms with Gasteiger partial charge in [-0.1, -0.05) is 59.6 Å². The zero-order valence-corrected chi connectivity index (χ0v) is 13.6. The van der Waals surface area contributed by atoms with E-state index in [1.165, 1.54) is 32.1 Å². The van der Waals surface area contributed by atoms with Gasteiger partial charge in [0.15, 0.2) is 7.98 Å².